The van der Waals surface area contributed by atoms with Gasteiger partial charge in [0, 0.05) is 10.5 Å². The Labute approximate surface area is 142 Å². The average Bonchev–Trinajstić information content (AvgIpc) is 3.24. The molecule has 0 unspecified atom stereocenters. The van der Waals surface area contributed by atoms with Crippen molar-refractivity contribution in [3.63, 3.8) is 0 Å². The third-order valence-electron chi connectivity index (χ3n) is 5.81. The second-order valence-corrected chi connectivity index (χ2v) is 26.0. The van der Waals surface area contributed by atoms with Crippen molar-refractivity contribution < 1.29 is 0 Å². The van der Waals surface area contributed by atoms with Crippen LogP contribution in [0.5, 0.6) is 0 Å². The van der Waals surface area contributed by atoms with Gasteiger partial charge in [-0.1, -0.05) is 43.9 Å². The van der Waals surface area contributed by atoms with Crippen molar-refractivity contribution in [2.24, 2.45) is 11.5 Å². The van der Waals surface area contributed by atoms with Gasteiger partial charge in [0.15, 0.2) is 5.17 Å². The van der Waals surface area contributed by atoms with Crippen LogP contribution in [0.25, 0.3) is 0 Å². The number of rotatable bonds is 2. The highest BCUT2D eigenvalue weighted by atomic mass is 34.3. The van der Waals surface area contributed by atoms with Crippen molar-refractivity contribution in [2.45, 2.75) is 74.7 Å². The van der Waals surface area contributed by atoms with E-state index in [1.54, 1.807) is 0 Å². The molecule has 6 N–H and O–H groups in total. The first kappa shape index (κ1) is 17.2. The van der Waals surface area contributed by atoms with Crippen LogP contribution < -0.4 is 11.5 Å². The predicted molar refractivity (Wildman–Crippen MR) is 108 cm³/mol. The molecule has 1 heterocycles. The molecule has 0 radical (unpaired) electrons. The summed E-state index contributed by atoms with van der Waals surface area (Å²) in [5.41, 5.74) is 12.4. The van der Waals surface area contributed by atoms with Crippen LogP contribution >= 0.6 is 35.8 Å². The van der Waals surface area contributed by atoms with Gasteiger partial charge in [-0.2, -0.15) is 0 Å². The van der Waals surface area contributed by atoms with Crippen LogP contribution in [0.2, 0.25) is 0 Å². The van der Waals surface area contributed by atoms with E-state index in [4.69, 9.17) is 22.3 Å². The summed E-state index contributed by atoms with van der Waals surface area (Å²) in [6.45, 7) is 0. The van der Waals surface area contributed by atoms with Crippen LogP contribution in [-0.2, 0) is 0 Å². The van der Waals surface area contributed by atoms with Gasteiger partial charge in [0.1, 0.15) is 5.17 Å². The molecule has 4 nitrogen and oxygen atoms in total. The minimum Gasteiger partial charge on any atom is -0.379 e. The lowest BCUT2D eigenvalue weighted by atomic mass is 10.00. The summed E-state index contributed by atoms with van der Waals surface area (Å²) in [5.74, 6) is 0. The number of nitrogens with two attached hydrogens (primary N) is 2. The molecule has 1 aliphatic heterocycles. The maximum Gasteiger partial charge on any atom is 0.160 e. The van der Waals surface area contributed by atoms with Crippen molar-refractivity contribution in [1.82, 2.24) is 0 Å². The van der Waals surface area contributed by atoms with Gasteiger partial charge in [0.05, 0.1) is 0 Å². The summed E-state index contributed by atoms with van der Waals surface area (Å²) in [5, 5.41) is 15.2. The SMILES string of the molecule is N=C(N)SS1(C(=N)N)(C2CCCCC2)(C2CCCCC2)SS1. The van der Waals surface area contributed by atoms with Crippen LogP contribution in [0, 0.1) is 10.8 Å². The summed E-state index contributed by atoms with van der Waals surface area (Å²) in [6.07, 6.45) is 12.2. The van der Waals surface area contributed by atoms with Crippen LogP contribution in [0.3, 0.4) is 0 Å². The molecule has 0 spiro atoms. The van der Waals surface area contributed by atoms with Gasteiger partial charge in [-0.05, 0) is 56.1 Å². The minimum absolute atomic E-state index is 0.172. The summed E-state index contributed by atoms with van der Waals surface area (Å²) >= 11 is 0. The van der Waals surface area contributed by atoms with Crippen molar-refractivity contribution in [3.05, 3.63) is 0 Å². The maximum atomic E-state index is 8.74. The molecule has 0 aromatic rings. The van der Waals surface area contributed by atoms with Gasteiger partial charge in [-0.15, -0.1) is 0 Å². The van der Waals surface area contributed by atoms with Gasteiger partial charge in [0.25, 0.3) is 0 Å². The number of hydrogen-bond donors (Lipinski definition) is 4. The Balaban J connectivity index is 2.15. The zero-order valence-electron chi connectivity index (χ0n) is 13.0. The smallest absolute Gasteiger partial charge is 0.160 e. The molecule has 3 rings (SSSR count). The van der Waals surface area contributed by atoms with E-state index >= 15 is 0 Å². The zero-order chi connectivity index (χ0) is 15.9. The fraction of sp³-hybridized carbons (Fsp3) is 0.857. The van der Waals surface area contributed by atoms with E-state index in [2.05, 4.69) is 0 Å². The highest BCUT2D eigenvalue weighted by molar-refractivity contribution is 9.98. The quantitative estimate of drug-likeness (QED) is 0.229. The van der Waals surface area contributed by atoms with Crippen molar-refractivity contribution in [3.8, 4) is 0 Å². The molecule has 3 fully saturated rings. The Morgan fingerprint density at radius 2 is 1.23 bits per heavy atom. The molecule has 8 heteroatoms. The van der Waals surface area contributed by atoms with Crippen LogP contribution in [0.4, 0.5) is 0 Å². The van der Waals surface area contributed by atoms with E-state index in [9.17, 15) is 0 Å². The van der Waals surface area contributed by atoms with E-state index in [0.717, 1.165) is 25.7 Å². The van der Waals surface area contributed by atoms with Crippen molar-refractivity contribution in [2.75, 3.05) is 0 Å². The lowest BCUT2D eigenvalue weighted by Crippen LogP contribution is -2.49. The molecule has 0 atom stereocenters. The highest BCUT2D eigenvalue weighted by Gasteiger charge is 2.85. The van der Waals surface area contributed by atoms with Crippen molar-refractivity contribution >= 4 is 46.2 Å². The lowest BCUT2D eigenvalue weighted by Gasteiger charge is -2.69. The van der Waals surface area contributed by atoms with Crippen LogP contribution in [0.15, 0.2) is 0 Å². The molecule has 2 saturated carbocycles. The van der Waals surface area contributed by atoms with Crippen molar-refractivity contribution in [1.29, 1.82) is 10.8 Å². The summed E-state index contributed by atoms with van der Waals surface area (Å²) in [6, 6.07) is 0. The average molecular weight is 381 g/mol. The molecule has 0 aromatic carbocycles. The Morgan fingerprint density at radius 1 is 0.818 bits per heavy atom. The molecular weight excluding hydrogens is 352 g/mol. The molecule has 2 aliphatic carbocycles. The lowest BCUT2D eigenvalue weighted by molar-refractivity contribution is 0.490. The Hall–Kier alpha value is 0.340. The molecule has 1 saturated heterocycles. The molecular formula is C14H28N4S4. The zero-order valence-corrected chi connectivity index (χ0v) is 16.3. The first-order chi connectivity index (χ1) is 10.4. The molecule has 22 heavy (non-hydrogen) atoms. The number of hydrogen-bond acceptors (Lipinski definition) is 5. The third-order valence-corrected chi connectivity index (χ3v) is 33.0. The molecule has 3 aliphatic rings. The topological polar surface area (TPSA) is 99.7 Å². The van der Waals surface area contributed by atoms with E-state index in [0.29, 0.717) is 15.7 Å². The summed E-state index contributed by atoms with van der Waals surface area (Å²) in [7, 11) is 5.31. The second kappa shape index (κ2) is 5.43. The molecule has 0 amide bonds. The number of nitrogens with one attached hydrogen (secondary N) is 2. The minimum atomic E-state index is -3.09. The maximum absolute atomic E-state index is 8.74. The third kappa shape index (κ3) is 1.96. The molecule has 0 bridgehead atoms. The summed E-state index contributed by atoms with van der Waals surface area (Å²) in [4.78, 5) is 0. The Morgan fingerprint density at radius 3 is 1.50 bits per heavy atom. The fourth-order valence-electron chi connectivity index (χ4n) is 4.63. The van der Waals surface area contributed by atoms with Crippen LogP contribution in [-0.4, -0.2) is 20.8 Å². The van der Waals surface area contributed by atoms with Gasteiger partial charge in [-0.3, -0.25) is 10.8 Å². The van der Waals surface area contributed by atoms with Gasteiger partial charge < -0.3 is 11.5 Å². The first-order valence-electron chi connectivity index (χ1n) is 8.26. The Bertz CT molecular complexity index is 483. The predicted octanol–water partition coefficient (Wildman–Crippen LogP) is 5.19. The monoisotopic (exact) mass is 380 g/mol. The Kier molecular flexibility index (Phi) is 4.23. The normalized spacial score (nSPS) is 33.6. The van der Waals surface area contributed by atoms with E-state index < -0.39 is 5.39 Å². The van der Waals surface area contributed by atoms with E-state index in [1.165, 1.54) is 49.3 Å². The fourth-order valence-corrected chi connectivity index (χ4v) is 33.1. The standard InChI is InChI=1S/C14H28N4S4/c15-13(16)19-22(14(17)18,20-21-22,11-7-3-1-4-8-11)12-9-5-2-6-10-12/h11-12H,1-10H2,(H3,15,16)(H3,17,18). The number of amidine groups is 2. The molecule has 128 valence electrons. The van der Waals surface area contributed by atoms with Gasteiger partial charge >= 0.3 is 0 Å². The van der Waals surface area contributed by atoms with E-state index in [1.807, 2.05) is 19.7 Å². The largest absolute Gasteiger partial charge is 0.379 e. The first-order valence-corrected chi connectivity index (χ1v) is 15.3. The van der Waals surface area contributed by atoms with Gasteiger partial charge in [-0.25, -0.2) is 0 Å². The highest BCUT2D eigenvalue weighted by Crippen LogP contribution is 3.31. The van der Waals surface area contributed by atoms with E-state index in [-0.39, 0.29) is 5.17 Å². The van der Waals surface area contributed by atoms with Gasteiger partial charge in [0.2, 0.25) is 0 Å². The molecule has 0 aromatic heterocycles. The second-order valence-electron chi connectivity index (χ2n) is 6.87. The van der Waals surface area contributed by atoms with Crippen LogP contribution in [0.1, 0.15) is 64.2 Å². The summed E-state index contributed by atoms with van der Waals surface area (Å²) < 4.78 is 0.